The van der Waals surface area contributed by atoms with Gasteiger partial charge in [-0.05, 0) is 6.42 Å². The van der Waals surface area contributed by atoms with E-state index in [4.69, 9.17) is 4.74 Å². The topological polar surface area (TPSA) is 67.3 Å². The molecule has 2 rings (SSSR count). The number of aromatic amines is 1. The van der Waals surface area contributed by atoms with Crippen LogP contribution in [0, 0.1) is 0 Å². The van der Waals surface area contributed by atoms with Gasteiger partial charge in [0.1, 0.15) is 5.69 Å². The predicted molar refractivity (Wildman–Crippen MR) is 69.3 cm³/mol. The monoisotopic (exact) mass is 253 g/mol. The van der Waals surface area contributed by atoms with Crippen molar-refractivity contribution in [2.24, 2.45) is 0 Å². The SMILES string of the molecule is CCCCn1[nH]c(=O)cc(N2CCOCC2)c1=O. The second-order valence-corrected chi connectivity index (χ2v) is 4.42. The maximum Gasteiger partial charge on any atom is 0.288 e. The van der Waals surface area contributed by atoms with Crippen LogP contribution in [0.25, 0.3) is 0 Å². The quantitative estimate of drug-likeness (QED) is 0.831. The summed E-state index contributed by atoms with van der Waals surface area (Å²) in [6, 6.07) is 1.39. The average molecular weight is 253 g/mol. The predicted octanol–water partition coefficient (Wildman–Crippen LogP) is 0.173. The van der Waals surface area contributed by atoms with E-state index in [0.29, 0.717) is 38.5 Å². The van der Waals surface area contributed by atoms with Crippen molar-refractivity contribution in [1.29, 1.82) is 0 Å². The van der Waals surface area contributed by atoms with Crippen LogP contribution >= 0.6 is 0 Å². The van der Waals surface area contributed by atoms with Crippen LogP contribution in [0.4, 0.5) is 5.69 Å². The van der Waals surface area contributed by atoms with Crippen molar-refractivity contribution in [3.05, 3.63) is 26.8 Å². The van der Waals surface area contributed by atoms with Crippen molar-refractivity contribution in [2.75, 3.05) is 31.2 Å². The molecule has 0 amide bonds. The first-order chi connectivity index (χ1) is 8.72. The molecule has 0 spiro atoms. The van der Waals surface area contributed by atoms with Crippen molar-refractivity contribution in [3.8, 4) is 0 Å². The highest BCUT2D eigenvalue weighted by Crippen LogP contribution is 2.07. The molecule has 100 valence electrons. The summed E-state index contributed by atoms with van der Waals surface area (Å²) in [5, 5.41) is 2.58. The Kier molecular flexibility index (Phi) is 4.19. The zero-order chi connectivity index (χ0) is 13.0. The summed E-state index contributed by atoms with van der Waals surface area (Å²) in [5.74, 6) is 0. The summed E-state index contributed by atoms with van der Waals surface area (Å²) in [6.45, 7) is 5.12. The average Bonchev–Trinajstić information content (AvgIpc) is 2.40. The van der Waals surface area contributed by atoms with Gasteiger partial charge in [-0.2, -0.15) is 0 Å². The number of hydrogen-bond acceptors (Lipinski definition) is 4. The van der Waals surface area contributed by atoms with Crippen LogP contribution in [0.5, 0.6) is 0 Å². The number of rotatable bonds is 4. The van der Waals surface area contributed by atoms with E-state index in [1.807, 2.05) is 4.90 Å². The molecule has 6 heteroatoms. The number of hydrogen-bond donors (Lipinski definition) is 1. The molecule has 0 aromatic carbocycles. The Morgan fingerprint density at radius 1 is 1.33 bits per heavy atom. The lowest BCUT2D eigenvalue weighted by Crippen LogP contribution is -2.42. The van der Waals surface area contributed by atoms with Gasteiger partial charge in [0.15, 0.2) is 0 Å². The lowest BCUT2D eigenvalue weighted by atomic mass is 10.3. The van der Waals surface area contributed by atoms with Crippen LogP contribution < -0.4 is 16.0 Å². The molecule has 1 saturated heterocycles. The fourth-order valence-corrected chi connectivity index (χ4v) is 2.04. The van der Waals surface area contributed by atoms with Gasteiger partial charge in [-0.1, -0.05) is 13.3 Å². The Morgan fingerprint density at radius 2 is 2.06 bits per heavy atom. The molecule has 1 aliphatic rings. The summed E-state index contributed by atoms with van der Waals surface area (Å²) >= 11 is 0. The molecule has 18 heavy (non-hydrogen) atoms. The van der Waals surface area contributed by atoms with Crippen LogP contribution in [0.2, 0.25) is 0 Å². The Morgan fingerprint density at radius 3 is 2.72 bits per heavy atom. The van der Waals surface area contributed by atoms with Gasteiger partial charge in [-0.15, -0.1) is 0 Å². The van der Waals surface area contributed by atoms with Crippen molar-refractivity contribution in [3.63, 3.8) is 0 Å². The van der Waals surface area contributed by atoms with E-state index < -0.39 is 0 Å². The molecule has 1 N–H and O–H groups in total. The van der Waals surface area contributed by atoms with E-state index in [1.54, 1.807) is 0 Å². The third kappa shape index (κ3) is 2.81. The van der Waals surface area contributed by atoms with E-state index in [-0.39, 0.29) is 11.1 Å². The third-order valence-electron chi connectivity index (χ3n) is 3.06. The normalized spacial score (nSPS) is 15.9. The second kappa shape index (κ2) is 5.86. The van der Waals surface area contributed by atoms with E-state index in [1.165, 1.54) is 10.7 Å². The highest BCUT2D eigenvalue weighted by atomic mass is 16.5. The van der Waals surface area contributed by atoms with Gasteiger partial charge < -0.3 is 9.64 Å². The zero-order valence-corrected chi connectivity index (χ0v) is 10.6. The fraction of sp³-hybridized carbons (Fsp3) is 0.667. The van der Waals surface area contributed by atoms with Gasteiger partial charge in [0.25, 0.3) is 11.1 Å². The molecule has 0 atom stereocenters. The van der Waals surface area contributed by atoms with E-state index >= 15 is 0 Å². The molecule has 2 heterocycles. The molecule has 0 saturated carbocycles. The molecule has 1 fully saturated rings. The molecule has 0 unspecified atom stereocenters. The number of nitrogens with one attached hydrogen (secondary N) is 1. The fourth-order valence-electron chi connectivity index (χ4n) is 2.04. The number of ether oxygens (including phenoxy) is 1. The highest BCUT2D eigenvalue weighted by molar-refractivity contribution is 5.43. The minimum Gasteiger partial charge on any atom is -0.378 e. The van der Waals surface area contributed by atoms with Crippen LogP contribution in [0.15, 0.2) is 15.7 Å². The minimum atomic E-state index is -0.229. The first-order valence-corrected chi connectivity index (χ1v) is 6.39. The summed E-state index contributed by atoms with van der Waals surface area (Å²) in [6.07, 6.45) is 1.86. The highest BCUT2D eigenvalue weighted by Gasteiger charge is 2.16. The van der Waals surface area contributed by atoms with Crippen molar-refractivity contribution < 1.29 is 4.74 Å². The second-order valence-electron chi connectivity index (χ2n) is 4.42. The van der Waals surface area contributed by atoms with Crippen LogP contribution in [-0.4, -0.2) is 36.1 Å². The Bertz CT molecular complexity index is 500. The van der Waals surface area contributed by atoms with Gasteiger partial charge in [0, 0.05) is 25.7 Å². The summed E-state index contributed by atoms with van der Waals surface area (Å²) < 4.78 is 6.66. The van der Waals surface area contributed by atoms with Crippen molar-refractivity contribution in [1.82, 2.24) is 9.78 Å². The Labute approximate surface area is 105 Å². The molecule has 6 nitrogen and oxygen atoms in total. The molecular weight excluding hydrogens is 234 g/mol. The molecule has 0 radical (unpaired) electrons. The summed E-state index contributed by atoms with van der Waals surface area (Å²) in [4.78, 5) is 25.8. The van der Waals surface area contributed by atoms with E-state index in [9.17, 15) is 9.59 Å². The molecular formula is C12H19N3O3. The van der Waals surface area contributed by atoms with Gasteiger partial charge in [0.2, 0.25) is 0 Å². The minimum absolute atomic E-state index is 0.120. The Hall–Kier alpha value is -1.56. The molecule has 1 aromatic rings. The number of anilines is 1. The van der Waals surface area contributed by atoms with E-state index in [2.05, 4.69) is 12.0 Å². The number of nitrogens with zero attached hydrogens (tertiary/aromatic N) is 2. The zero-order valence-electron chi connectivity index (χ0n) is 10.6. The number of unbranched alkanes of at least 4 members (excludes halogenated alkanes) is 1. The van der Waals surface area contributed by atoms with Gasteiger partial charge in [-0.25, -0.2) is 4.68 Å². The summed E-state index contributed by atoms with van der Waals surface area (Å²) in [7, 11) is 0. The molecule has 1 aliphatic heterocycles. The van der Waals surface area contributed by atoms with Crippen LogP contribution in [0.1, 0.15) is 19.8 Å². The van der Waals surface area contributed by atoms with Crippen molar-refractivity contribution >= 4 is 5.69 Å². The lowest BCUT2D eigenvalue weighted by Gasteiger charge is -2.28. The number of aryl methyl sites for hydroxylation is 1. The van der Waals surface area contributed by atoms with Gasteiger partial charge in [0.05, 0.1) is 13.2 Å². The van der Waals surface area contributed by atoms with E-state index in [0.717, 1.165) is 12.8 Å². The lowest BCUT2D eigenvalue weighted by molar-refractivity contribution is 0.122. The largest absolute Gasteiger partial charge is 0.378 e. The molecule has 0 aliphatic carbocycles. The maximum absolute atomic E-state index is 12.2. The maximum atomic E-state index is 12.2. The van der Waals surface area contributed by atoms with Crippen LogP contribution in [-0.2, 0) is 11.3 Å². The first kappa shape index (κ1) is 12.9. The standard InChI is InChI=1S/C12H19N3O3/c1-2-3-4-15-12(17)10(9-11(16)13-15)14-5-7-18-8-6-14/h9H,2-8H2,1H3,(H,13,16). The number of aromatic nitrogens is 2. The summed E-state index contributed by atoms with van der Waals surface area (Å²) in [5.41, 5.74) is 0.135. The number of H-pyrrole nitrogens is 1. The Balaban J connectivity index is 2.31. The molecule has 1 aromatic heterocycles. The third-order valence-corrected chi connectivity index (χ3v) is 3.06. The van der Waals surface area contributed by atoms with Crippen molar-refractivity contribution in [2.45, 2.75) is 26.3 Å². The first-order valence-electron chi connectivity index (χ1n) is 6.39. The number of morpholine rings is 1. The smallest absolute Gasteiger partial charge is 0.288 e. The van der Waals surface area contributed by atoms with Gasteiger partial charge in [-0.3, -0.25) is 14.7 Å². The molecule has 0 bridgehead atoms. The van der Waals surface area contributed by atoms with Crippen LogP contribution in [0.3, 0.4) is 0 Å². The van der Waals surface area contributed by atoms with Gasteiger partial charge >= 0.3 is 0 Å².